The lowest BCUT2D eigenvalue weighted by atomic mass is 10.0. The minimum atomic E-state index is -0.500. The van der Waals surface area contributed by atoms with Gasteiger partial charge in [0.25, 0.3) is 0 Å². The van der Waals surface area contributed by atoms with Crippen LogP contribution in [0.4, 0.5) is 4.79 Å². The summed E-state index contributed by atoms with van der Waals surface area (Å²) in [6, 6.07) is -0.0523. The zero-order valence-electron chi connectivity index (χ0n) is 14.5. The van der Waals surface area contributed by atoms with E-state index in [1.165, 1.54) is 0 Å². The van der Waals surface area contributed by atoms with Crippen molar-refractivity contribution in [2.45, 2.75) is 52.2 Å². The van der Waals surface area contributed by atoms with Crippen molar-refractivity contribution < 1.29 is 9.53 Å². The number of fused-ring (bicyclic) bond motifs is 1. The van der Waals surface area contributed by atoms with E-state index < -0.39 is 5.60 Å². The molecule has 6 nitrogen and oxygen atoms in total. The molecule has 24 heavy (non-hydrogen) atoms. The minimum Gasteiger partial charge on any atom is -0.444 e. The molecule has 0 aromatic carbocycles. The number of imidazole rings is 1. The number of nitrogens with zero attached hydrogens (tertiary/aromatic N) is 4. The molecule has 1 aliphatic rings. The van der Waals surface area contributed by atoms with Gasteiger partial charge in [0.15, 0.2) is 5.65 Å². The molecule has 0 spiro atoms. The van der Waals surface area contributed by atoms with Crippen molar-refractivity contribution >= 4 is 27.7 Å². The standard InChI is InChI=1S/C17H23BrN4O2/c1-5-11-6-13(22(8-11)16(23)24-17(2,3)4)12-9-21-10-14(18)19-7-15(21)20-12/h7,9-11,13H,5-6,8H2,1-4H3. The number of rotatable bonds is 2. The van der Waals surface area contributed by atoms with E-state index in [0.29, 0.717) is 12.5 Å². The number of ether oxygens (including phenoxy) is 1. The second-order valence-corrected chi connectivity index (χ2v) is 8.11. The molecule has 1 amide bonds. The van der Waals surface area contributed by atoms with Crippen molar-refractivity contribution in [1.29, 1.82) is 0 Å². The Morgan fingerprint density at radius 2 is 2.17 bits per heavy atom. The lowest BCUT2D eigenvalue weighted by Gasteiger charge is -2.27. The number of likely N-dealkylation sites (tertiary alicyclic amines) is 1. The van der Waals surface area contributed by atoms with Gasteiger partial charge >= 0.3 is 6.09 Å². The van der Waals surface area contributed by atoms with Crippen LogP contribution < -0.4 is 0 Å². The van der Waals surface area contributed by atoms with Gasteiger partial charge in [-0.3, -0.25) is 4.90 Å². The zero-order valence-corrected chi connectivity index (χ0v) is 16.1. The highest BCUT2D eigenvalue weighted by molar-refractivity contribution is 9.10. The highest BCUT2D eigenvalue weighted by Crippen LogP contribution is 2.37. The van der Waals surface area contributed by atoms with E-state index in [0.717, 1.165) is 28.8 Å². The fourth-order valence-corrected chi connectivity index (χ4v) is 3.40. The molecule has 130 valence electrons. The number of hydrogen-bond acceptors (Lipinski definition) is 4. The summed E-state index contributed by atoms with van der Waals surface area (Å²) in [6.45, 7) is 8.54. The van der Waals surface area contributed by atoms with Crippen molar-refractivity contribution in [3.05, 3.63) is 28.9 Å². The Hall–Kier alpha value is -1.63. The summed E-state index contributed by atoms with van der Waals surface area (Å²) < 4.78 is 8.27. The highest BCUT2D eigenvalue weighted by atomic mass is 79.9. The Morgan fingerprint density at radius 3 is 2.83 bits per heavy atom. The SMILES string of the molecule is CCC1CC(c2cn3cc(Br)ncc3n2)N(C(=O)OC(C)(C)C)C1. The molecule has 3 heterocycles. The maximum absolute atomic E-state index is 12.6. The van der Waals surface area contributed by atoms with Crippen LogP contribution in [-0.4, -0.2) is 37.5 Å². The third-order valence-corrected chi connectivity index (χ3v) is 4.67. The van der Waals surface area contributed by atoms with E-state index in [2.05, 4.69) is 32.8 Å². The quantitative estimate of drug-likeness (QED) is 0.765. The summed E-state index contributed by atoms with van der Waals surface area (Å²) in [6.07, 6.45) is 7.25. The first-order valence-corrected chi connectivity index (χ1v) is 9.06. The van der Waals surface area contributed by atoms with Gasteiger partial charge in [-0.2, -0.15) is 0 Å². The van der Waals surface area contributed by atoms with Crippen LogP contribution in [0, 0.1) is 5.92 Å². The minimum absolute atomic E-state index is 0.0523. The van der Waals surface area contributed by atoms with Gasteiger partial charge in [0.05, 0.1) is 17.9 Å². The van der Waals surface area contributed by atoms with E-state index in [1.54, 1.807) is 6.20 Å². The lowest BCUT2D eigenvalue weighted by molar-refractivity contribution is 0.0217. The van der Waals surface area contributed by atoms with E-state index in [-0.39, 0.29) is 12.1 Å². The van der Waals surface area contributed by atoms with E-state index in [9.17, 15) is 4.79 Å². The van der Waals surface area contributed by atoms with Crippen LogP contribution in [0.5, 0.6) is 0 Å². The fraction of sp³-hybridized carbons (Fsp3) is 0.588. The number of hydrogen-bond donors (Lipinski definition) is 0. The molecule has 2 unspecified atom stereocenters. The third kappa shape index (κ3) is 3.55. The Kier molecular flexibility index (Phi) is 4.55. The molecule has 2 atom stereocenters. The van der Waals surface area contributed by atoms with Crippen LogP contribution in [0.25, 0.3) is 5.65 Å². The number of amides is 1. The van der Waals surface area contributed by atoms with Gasteiger partial charge in [0.1, 0.15) is 10.2 Å². The van der Waals surface area contributed by atoms with Crippen molar-refractivity contribution in [1.82, 2.24) is 19.3 Å². The normalized spacial score (nSPS) is 21.5. The topological polar surface area (TPSA) is 59.7 Å². The molecule has 0 aliphatic carbocycles. The first-order valence-electron chi connectivity index (χ1n) is 8.26. The maximum atomic E-state index is 12.6. The summed E-state index contributed by atoms with van der Waals surface area (Å²) in [5, 5.41) is 0. The van der Waals surface area contributed by atoms with Crippen molar-refractivity contribution in [3.63, 3.8) is 0 Å². The molecule has 1 fully saturated rings. The van der Waals surface area contributed by atoms with Gasteiger partial charge in [0, 0.05) is 18.9 Å². The molecule has 2 aromatic heterocycles. The van der Waals surface area contributed by atoms with Crippen LogP contribution in [-0.2, 0) is 4.74 Å². The van der Waals surface area contributed by atoms with Crippen LogP contribution >= 0.6 is 15.9 Å². The first-order chi connectivity index (χ1) is 11.3. The van der Waals surface area contributed by atoms with Crippen molar-refractivity contribution in [3.8, 4) is 0 Å². The average Bonchev–Trinajstić information content (AvgIpc) is 3.08. The fourth-order valence-electron chi connectivity index (χ4n) is 3.08. The summed E-state index contributed by atoms with van der Waals surface area (Å²) >= 11 is 3.37. The van der Waals surface area contributed by atoms with Gasteiger partial charge in [-0.15, -0.1) is 0 Å². The highest BCUT2D eigenvalue weighted by Gasteiger charge is 2.38. The Balaban J connectivity index is 1.91. The van der Waals surface area contributed by atoms with Crippen LogP contribution in [0.3, 0.4) is 0 Å². The molecule has 7 heteroatoms. The van der Waals surface area contributed by atoms with Gasteiger partial charge in [-0.05, 0) is 49.0 Å². The van der Waals surface area contributed by atoms with Crippen LogP contribution in [0.2, 0.25) is 0 Å². The Bertz CT molecular complexity index is 753. The monoisotopic (exact) mass is 394 g/mol. The zero-order chi connectivity index (χ0) is 17.5. The lowest BCUT2D eigenvalue weighted by Crippen LogP contribution is -2.36. The maximum Gasteiger partial charge on any atom is 0.410 e. The predicted octanol–water partition coefficient (Wildman–Crippen LogP) is 4.20. The predicted molar refractivity (Wildman–Crippen MR) is 94.8 cm³/mol. The first kappa shape index (κ1) is 17.2. The number of halogens is 1. The molecule has 2 aromatic rings. The van der Waals surface area contributed by atoms with Crippen molar-refractivity contribution in [2.24, 2.45) is 5.92 Å². The second-order valence-electron chi connectivity index (χ2n) is 7.30. The van der Waals surface area contributed by atoms with Crippen molar-refractivity contribution in [2.75, 3.05) is 6.54 Å². The van der Waals surface area contributed by atoms with E-state index in [4.69, 9.17) is 4.74 Å². The van der Waals surface area contributed by atoms with E-state index >= 15 is 0 Å². The summed E-state index contributed by atoms with van der Waals surface area (Å²) in [5.74, 6) is 0.470. The molecule has 0 saturated carbocycles. The molecule has 3 rings (SSSR count). The summed E-state index contributed by atoms with van der Waals surface area (Å²) in [7, 11) is 0. The molecule has 1 aliphatic heterocycles. The molecular formula is C17H23BrN4O2. The molecule has 0 radical (unpaired) electrons. The second kappa shape index (κ2) is 6.35. The van der Waals surface area contributed by atoms with Crippen LogP contribution in [0.1, 0.15) is 52.3 Å². The van der Waals surface area contributed by atoms with Gasteiger partial charge in [0.2, 0.25) is 0 Å². The van der Waals surface area contributed by atoms with Gasteiger partial charge in [-0.1, -0.05) is 13.3 Å². The third-order valence-electron chi connectivity index (χ3n) is 4.26. The molecule has 1 saturated heterocycles. The van der Waals surface area contributed by atoms with E-state index in [1.807, 2.05) is 42.5 Å². The van der Waals surface area contributed by atoms with Gasteiger partial charge < -0.3 is 9.14 Å². The Morgan fingerprint density at radius 1 is 1.42 bits per heavy atom. The smallest absolute Gasteiger partial charge is 0.410 e. The summed E-state index contributed by atoms with van der Waals surface area (Å²) in [4.78, 5) is 23.3. The Labute approximate surface area is 150 Å². The number of aromatic nitrogens is 3. The molecular weight excluding hydrogens is 372 g/mol. The average molecular weight is 395 g/mol. The number of carbonyl (C=O) groups is 1. The molecule has 0 N–H and O–H groups in total. The van der Waals surface area contributed by atoms with Gasteiger partial charge in [-0.25, -0.2) is 14.8 Å². The largest absolute Gasteiger partial charge is 0.444 e. The number of carbonyl (C=O) groups excluding carboxylic acids is 1. The molecule has 0 bridgehead atoms. The summed E-state index contributed by atoms with van der Waals surface area (Å²) in [5.41, 5.74) is 1.16. The van der Waals surface area contributed by atoms with Crippen LogP contribution in [0.15, 0.2) is 23.2 Å².